The van der Waals surface area contributed by atoms with E-state index in [1.807, 2.05) is 6.92 Å². The predicted octanol–water partition coefficient (Wildman–Crippen LogP) is 0.349. The second-order valence-corrected chi connectivity index (χ2v) is 7.69. The SMILES string of the molecule is CCc1noc(C)c1C(=O)Nc1cccc(S(=O)(=O)NC2=[NH+]CCC2)c1. The fourth-order valence-corrected chi connectivity index (χ4v) is 3.94. The van der Waals surface area contributed by atoms with Crippen LogP contribution in [0.4, 0.5) is 5.69 Å². The number of rotatable bonds is 5. The van der Waals surface area contributed by atoms with E-state index in [0.717, 1.165) is 13.0 Å². The molecule has 1 aliphatic rings. The minimum atomic E-state index is -3.71. The van der Waals surface area contributed by atoms with Gasteiger partial charge in [0.2, 0.25) is 0 Å². The first-order valence-corrected chi connectivity index (χ1v) is 9.88. The number of nitrogens with one attached hydrogen (secondary N) is 3. The molecule has 0 spiro atoms. The summed E-state index contributed by atoms with van der Waals surface area (Å²) in [5.41, 5.74) is 1.32. The summed E-state index contributed by atoms with van der Waals surface area (Å²) in [5, 5.41) is 6.57. The second-order valence-electron chi connectivity index (χ2n) is 6.01. The van der Waals surface area contributed by atoms with Gasteiger partial charge in [0.25, 0.3) is 11.7 Å². The summed E-state index contributed by atoms with van der Waals surface area (Å²) < 4.78 is 32.6. The third-order valence-corrected chi connectivity index (χ3v) is 5.49. The van der Waals surface area contributed by atoms with E-state index < -0.39 is 10.0 Å². The molecule has 0 atom stereocenters. The molecular formula is C17H21N4O4S+. The van der Waals surface area contributed by atoms with E-state index >= 15 is 0 Å². The average molecular weight is 377 g/mol. The molecule has 1 aliphatic heterocycles. The summed E-state index contributed by atoms with van der Waals surface area (Å²) in [5.74, 6) is 0.635. The minimum Gasteiger partial charge on any atom is -0.361 e. The molecule has 2 heterocycles. The molecule has 138 valence electrons. The largest absolute Gasteiger partial charge is 0.361 e. The molecular weight excluding hydrogens is 356 g/mol. The number of aromatic nitrogens is 1. The van der Waals surface area contributed by atoms with Crippen LogP contribution >= 0.6 is 0 Å². The number of aryl methyl sites for hydroxylation is 2. The van der Waals surface area contributed by atoms with Crippen LogP contribution in [0.15, 0.2) is 33.7 Å². The number of hydrogen-bond acceptors (Lipinski definition) is 5. The molecule has 3 N–H and O–H groups in total. The molecule has 1 amide bonds. The van der Waals surface area contributed by atoms with Crippen LogP contribution in [-0.4, -0.2) is 31.9 Å². The van der Waals surface area contributed by atoms with Gasteiger partial charge in [-0.25, -0.2) is 0 Å². The molecule has 0 saturated carbocycles. The van der Waals surface area contributed by atoms with Crippen molar-refractivity contribution in [1.82, 2.24) is 9.88 Å². The van der Waals surface area contributed by atoms with Gasteiger partial charge in [-0.05, 0) is 38.0 Å². The molecule has 8 nitrogen and oxygen atoms in total. The van der Waals surface area contributed by atoms with Crippen molar-refractivity contribution in [2.45, 2.75) is 38.0 Å². The predicted molar refractivity (Wildman–Crippen MR) is 95.4 cm³/mol. The van der Waals surface area contributed by atoms with Gasteiger partial charge in [-0.15, -0.1) is 0 Å². The lowest BCUT2D eigenvalue weighted by molar-refractivity contribution is -0.448. The van der Waals surface area contributed by atoms with Gasteiger partial charge in [-0.3, -0.25) is 9.79 Å². The fourth-order valence-electron chi connectivity index (χ4n) is 2.79. The summed E-state index contributed by atoms with van der Waals surface area (Å²) >= 11 is 0. The topological polar surface area (TPSA) is 115 Å². The van der Waals surface area contributed by atoms with Gasteiger partial charge in [0.1, 0.15) is 16.2 Å². The number of benzene rings is 1. The van der Waals surface area contributed by atoms with Gasteiger partial charge in [0.15, 0.2) is 0 Å². The third-order valence-electron chi connectivity index (χ3n) is 4.10. The van der Waals surface area contributed by atoms with E-state index in [1.165, 1.54) is 12.1 Å². The summed E-state index contributed by atoms with van der Waals surface area (Å²) in [4.78, 5) is 15.6. The number of amides is 1. The van der Waals surface area contributed by atoms with Crippen molar-refractivity contribution < 1.29 is 22.7 Å². The van der Waals surface area contributed by atoms with E-state index in [0.29, 0.717) is 41.4 Å². The number of hydrogen-bond donors (Lipinski definition) is 3. The third kappa shape index (κ3) is 3.77. The van der Waals surface area contributed by atoms with Crippen molar-refractivity contribution >= 4 is 27.5 Å². The molecule has 0 unspecified atom stereocenters. The van der Waals surface area contributed by atoms with E-state index in [1.54, 1.807) is 19.1 Å². The van der Waals surface area contributed by atoms with E-state index in [9.17, 15) is 13.2 Å². The Balaban J connectivity index is 1.81. The van der Waals surface area contributed by atoms with Crippen LogP contribution in [-0.2, 0) is 16.4 Å². The molecule has 1 aromatic heterocycles. The highest BCUT2D eigenvalue weighted by Crippen LogP contribution is 2.19. The zero-order chi connectivity index (χ0) is 18.7. The lowest BCUT2D eigenvalue weighted by Crippen LogP contribution is -2.72. The van der Waals surface area contributed by atoms with Crippen LogP contribution in [0.5, 0.6) is 0 Å². The van der Waals surface area contributed by atoms with Crippen LogP contribution in [0.2, 0.25) is 0 Å². The Hall–Kier alpha value is -2.68. The maximum absolute atomic E-state index is 12.5. The lowest BCUT2D eigenvalue weighted by Gasteiger charge is -2.07. The Morgan fingerprint density at radius 2 is 2.19 bits per heavy atom. The molecule has 3 rings (SSSR count). The molecule has 0 fully saturated rings. The molecule has 26 heavy (non-hydrogen) atoms. The number of anilines is 1. The van der Waals surface area contributed by atoms with Crippen molar-refractivity contribution in [3.63, 3.8) is 0 Å². The van der Waals surface area contributed by atoms with Gasteiger partial charge in [0, 0.05) is 5.69 Å². The zero-order valence-electron chi connectivity index (χ0n) is 14.6. The monoisotopic (exact) mass is 377 g/mol. The molecule has 2 aromatic rings. The Kier molecular flexibility index (Phi) is 5.08. The van der Waals surface area contributed by atoms with Crippen LogP contribution in [0.1, 0.15) is 41.6 Å². The summed E-state index contributed by atoms with van der Waals surface area (Å²) in [7, 11) is -3.71. The van der Waals surface area contributed by atoms with Gasteiger partial charge in [-0.1, -0.05) is 18.1 Å². The summed E-state index contributed by atoms with van der Waals surface area (Å²) in [6, 6.07) is 6.12. The number of amidine groups is 1. The number of sulfonamides is 1. The van der Waals surface area contributed by atoms with Crippen LogP contribution in [0, 0.1) is 6.92 Å². The van der Waals surface area contributed by atoms with Crippen molar-refractivity contribution in [3.05, 3.63) is 41.3 Å². The molecule has 1 aromatic carbocycles. The first-order chi connectivity index (χ1) is 12.4. The Morgan fingerprint density at radius 1 is 1.38 bits per heavy atom. The summed E-state index contributed by atoms with van der Waals surface area (Å²) in [6.07, 6.45) is 2.12. The standard InChI is InChI=1S/C17H20N4O4S/c1-3-14-16(11(2)25-20-14)17(22)19-12-6-4-7-13(10-12)26(23,24)21-15-8-5-9-18-15/h4,6-7,10H,3,5,8-9H2,1-2H3,(H,18,21)(H,19,22)/p+1. The minimum absolute atomic E-state index is 0.0780. The Labute approximate surface area is 151 Å². The molecule has 0 aliphatic carbocycles. The van der Waals surface area contributed by atoms with Gasteiger partial charge < -0.3 is 9.84 Å². The highest BCUT2D eigenvalue weighted by atomic mass is 32.2. The normalized spacial score (nSPS) is 14.2. The Morgan fingerprint density at radius 3 is 2.88 bits per heavy atom. The van der Waals surface area contributed by atoms with Crippen molar-refractivity contribution in [1.29, 1.82) is 0 Å². The second kappa shape index (κ2) is 7.28. The zero-order valence-corrected chi connectivity index (χ0v) is 15.4. The van der Waals surface area contributed by atoms with Crippen LogP contribution in [0.3, 0.4) is 0 Å². The van der Waals surface area contributed by atoms with Crippen molar-refractivity contribution in [2.75, 3.05) is 11.9 Å². The van der Waals surface area contributed by atoms with E-state index in [2.05, 4.69) is 20.2 Å². The highest BCUT2D eigenvalue weighted by molar-refractivity contribution is 7.90. The first kappa shape index (κ1) is 18.1. The smallest absolute Gasteiger partial charge is 0.328 e. The maximum atomic E-state index is 12.5. The van der Waals surface area contributed by atoms with Gasteiger partial charge in [-0.2, -0.15) is 13.1 Å². The summed E-state index contributed by atoms with van der Waals surface area (Å²) in [6.45, 7) is 4.30. The van der Waals surface area contributed by atoms with E-state index in [4.69, 9.17) is 4.52 Å². The first-order valence-electron chi connectivity index (χ1n) is 8.40. The highest BCUT2D eigenvalue weighted by Gasteiger charge is 2.25. The number of carbonyl (C=O) groups excluding carboxylic acids is 1. The average Bonchev–Trinajstić information content (AvgIpc) is 3.23. The van der Waals surface area contributed by atoms with Gasteiger partial charge in [0.05, 0.1) is 18.7 Å². The quantitative estimate of drug-likeness (QED) is 0.695. The Bertz CT molecular complexity index is 963. The van der Waals surface area contributed by atoms with Crippen molar-refractivity contribution in [3.8, 4) is 0 Å². The molecule has 0 saturated heterocycles. The number of carbonyl (C=O) groups is 1. The fraction of sp³-hybridized carbons (Fsp3) is 0.353. The molecule has 9 heteroatoms. The van der Waals surface area contributed by atoms with Gasteiger partial charge >= 0.3 is 10.0 Å². The van der Waals surface area contributed by atoms with Crippen LogP contribution < -0.4 is 15.0 Å². The molecule has 0 bridgehead atoms. The van der Waals surface area contributed by atoms with Crippen LogP contribution in [0.25, 0.3) is 0 Å². The number of nitrogens with zero attached hydrogens (tertiary/aromatic N) is 1. The van der Waals surface area contributed by atoms with E-state index in [-0.39, 0.29) is 10.8 Å². The molecule has 0 radical (unpaired) electrons. The van der Waals surface area contributed by atoms with Crippen molar-refractivity contribution in [2.24, 2.45) is 0 Å². The lowest BCUT2D eigenvalue weighted by atomic mass is 10.1. The maximum Gasteiger partial charge on any atom is 0.328 e.